The summed E-state index contributed by atoms with van der Waals surface area (Å²) in [6, 6.07) is 4.34. The minimum Gasteiger partial charge on any atom is -0.392 e. The Morgan fingerprint density at radius 1 is 1.17 bits per heavy atom. The fourth-order valence-corrected chi connectivity index (χ4v) is 4.17. The summed E-state index contributed by atoms with van der Waals surface area (Å²) in [5.74, 6) is -1.20. The molecule has 0 fully saturated rings. The fraction of sp³-hybridized carbons (Fsp3) is 0.125. The number of carbonyl (C=O) groups is 1. The highest BCUT2D eigenvalue weighted by molar-refractivity contribution is 7.90. The Morgan fingerprint density at radius 2 is 1.86 bits per heavy atom. The Balaban J connectivity index is 1.97. The van der Waals surface area contributed by atoms with Gasteiger partial charge in [-0.2, -0.15) is 13.2 Å². The predicted molar refractivity (Wildman–Crippen MR) is 97.2 cm³/mol. The first-order valence-electron chi connectivity index (χ1n) is 7.64. The van der Waals surface area contributed by atoms with Crippen molar-refractivity contribution in [3.63, 3.8) is 0 Å². The van der Waals surface area contributed by atoms with Gasteiger partial charge in [0.2, 0.25) is 0 Å². The van der Waals surface area contributed by atoms with Crippen LogP contribution in [0.5, 0.6) is 0 Å². The van der Waals surface area contributed by atoms with Crippen LogP contribution in [-0.4, -0.2) is 28.8 Å². The van der Waals surface area contributed by atoms with Gasteiger partial charge in [0.15, 0.2) is 5.65 Å². The number of nitrogens with one attached hydrogen (secondary N) is 1. The molecule has 0 bridgehead atoms. The van der Waals surface area contributed by atoms with Crippen LogP contribution in [0.1, 0.15) is 21.6 Å². The van der Waals surface area contributed by atoms with Crippen molar-refractivity contribution in [1.29, 1.82) is 0 Å². The number of sulfonamides is 1. The van der Waals surface area contributed by atoms with Gasteiger partial charge < -0.3 is 9.51 Å². The van der Waals surface area contributed by atoms with E-state index in [1.165, 1.54) is 12.1 Å². The lowest BCUT2D eigenvalue weighted by Gasteiger charge is -2.08. The van der Waals surface area contributed by atoms with Crippen molar-refractivity contribution in [3.8, 4) is 0 Å². The molecule has 0 saturated carbocycles. The molecular weight excluding hydrogens is 458 g/mol. The number of aliphatic hydroxyl groups is 1. The SMILES string of the molecule is O=C(NS(=O)(=O)c1cc(CO)ccc1Cl)c1cn2cc(C(F)(F)F)cc(Cl)c2n1. The third-order valence-corrected chi connectivity index (χ3v) is 5.85. The monoisotopic (exact) mass is 467 g/mol. The number of rotatable bonds is 4. The molecule has 3 aromatic rings. The van der Waals surface area contributed by atoms with Gasteiger partial charge in [-0.05, 0) is 23.8 Å². The standard InChI is InChI=1S/C16H10Cl2F3N3O4S/c17-10-2-1-8(7-25)3-13(10)29(27,28)23-15(26)12-6-24-5-9(16(19,20)21)4-11(18)14(24)22-12/h1-6,25H,7H2,(H,23,26). The number of fused-ring (bicyclic) bond motifs is 1. The highest BCUT2D eigenvalue weighted by atomic mass is 35.5. The maximum atomic E-state index is 12.9. The second kappa shape index (κ2) is 7.48. The molecule has 1 amide bonds. The highest BCUT2D eigenvalue weighted by Crippen LogP contribution is 2.32. The van der Waals surface area contributed by atoms with Crippen LogP contribution in [0, 0.1) is 0 Å². The topological polar surface area (TPSA) is 101 Å². The normalized spacial score (nSPS) is 12.3. The van der Waals surface area contributed by atoms with Gasteiger partial charge in [0.25, 0.3) is 15.9 Å². The van der Waals surface area contributed by atoms with Crippen molar-refractivity contribution >= 4 is 44.8 Å². The Bertz CT molecular complexity index is 1230. The van der Waals surface area contributed by atoms with Gasteiger partial charge >= 0.3 is 6.18 Å². The van der Waals surface area contributed by atoms with Crippen molar-refractivity contribution in [2.24, 2.45) is 0 Å². The van der Waals surface area contributed by atoms with Crippen LogP contribution in [-0.2, 0) is 22.8 Å². The Hall–Kier alpha value is -2.34. The molecule has 0 aliphatic heterocycles. The maximum absolute atomic E-state index is 12.9. The second-order valence-corrected chi connectivity index (χ2v) is 8.25. The molecule has 0 unspecified atom stereocenters. The zero-order valence-corrected chi connectivity index (χ0v) is 16.4. The van der Waals surface area contributed by atoms with Gasteiger partial charge in [0.1, 0.15) is 10.6 Å². The molecule has 1 aromatic carbocycles. The molecular formula is C16H10Cl2F3N3O4S. The van der Waals surface area contributed by atoms with Crippen molar-refractivity contribution in [1.82, 2.24) is 14.1 Å². The fourth-order valence-electron chi connectivity index (χ4n) is 2.40. The summed E-state index contributed by atoms with van der Waals surface area (Å²) in [5.41, 5.74) is -1.48. The van der Waals surface area contributed by atoms with E-state index in [2.05, 4.69) is 4.98 Å². The van der Waals surface area contributed by atoms with Gasteiger partial charge in [-0.1, -0.05) is 29.3 Å². The van der Waals surface area contributed by atoms with E-state index in [1.54, 1.807) is 4.72 Å². The Morgan fingerprint density at radius 3 is 2.48 bits per heavy atom. The average molecular weight is 468 g/mol. The number of alkyl halides is 3. The predicted octanol–water partition coefficient (Wildman–Crippen LogP) is 3.27. The van der Waals surface area contributed by atoms with Crippen LogP contribution in [0.25, 0.3) is 5.65 Å². The molecule has 0 saturated heterocycles. The van der Waals surface area contributed by atoms with Gasteiger partial charge in [0, 0.05) is 12.4 Å². The van der Waals surface area contributed by atoms with E-state index in [1.807, 2.05) is 0 Å². The summed E-state index contributed by atoms with van der Waals surface area (Å²) in [5, 5.41) is 8.56. The molecule has 0 aliphatic carbocycles. The summed E-state index contributed by atoms with van der Waals surface area (Å²) in [4.78, 5) is 15.7. The number of carbonyl (C=O) groups excluding carboxylic acids is 1. The van der Waals surface area contributed by atoms with Crippen LogP contribution >= 0.6 is 23.2 Å². The Kier molecular flexibility index (Phi) is 5.52. The third-order valence-electron chi connectivity index (χ3n) is 3.76. The van der Waals surface area contributed by atoms with E-state index in [0.717, 1.165) is 16.7 Å². The minimum atomic E-state index is -4.68. The molecule has 0 radical (unpaired) electrons. The maximum Gasteiger partial charge on any atom is 0.417 e. The van der Waals surface area contributed by atoms with Gasteiger partial charge in [-0.3, -0.25) is 4.79 Å². The molecule has 13 heteroatoms. The van der Waals surface area contributed by atoms with Crippen molar-refractivity contribution in [2.45, 2.75) is 17.7 Å². The lowest BCUT2D eigenvalue weighted by atomic mass is 10.2. The van der Waals surface area contributed by atoms with Crippen LogP contribution in [0.4, 0.5) is 13.2 Å². The van der Waals surface area contributed by atoms with E-state index in [9.17, 15) is 26.4 Å². The van der Waals surface area contributed by atoms with Crippen LogP contribution in [0.15, 0.2) is 41.6 Å². The summed E-state index contributed by atoms with van der Waals surface area (Å²) in [6.07, 6.45) is -3.10. The molecule has 2 heterocycles. The molecule has 3 rings (SSSR count). The Labute approximate surface area is 171 Å². The minimum absolute atomic E-state index is 0.164. The molecule has 0 atom stereocenters. The molecule has 154 valence electrons. The number of benzene rings is 1. The molecule has 0 aliphatic rings. The highest BCUT2D eigenvalue weighted by Gasteiger charge is 2.32. The van der Waals surface area contributed by atoms with Crippen molar-refractivity contribution in [2.75, 3.05) is 0 Å². The first-order valence-corrected chi connectivity index (χ1v) is 9.88. The summed E-state index contributed by atoms with van der Waals surface area (Å²) >= 11 is 11.7. The van der Waals surface area contributed by atoms with E-state index in [-0.39, 0.29) is 21.3 Å². The molecule has 2 aromatic heterocycles. The van der Waals surface area contributed by atoms with Gasteiger partial charge in [-0.15, -0.1) is 0 Å². The van der Waals surface area contributed by atoms with Gasteiger partial charge in [-0.25, -0.2) is 18.1 Å². The van der Waals surface area contributed by atoms with Crippen LogP contribution < -0.4 is 4.72 Å². The number of halogens is 5. The van der Waals surface area contributed by atoms with Crippen molar-refractivity contribution in [3.05, 3.63) is 63.5 Å². The number of nitrogens with zero attached hydrogens (tertiary/aromatic N) is 2. The largest absolute Gasteiger partial charge is 0.417 e. The second-order valence-electron chi connectivity index (χ2n) is 5.79. The first kappa shape index (κ1) is 21.4. The van der Waals surface area contributed by atoms with E-state index in [4.69, 9.17) is 28.3 Å². The first-order chi connectivity index (χ1) is 13.4. The molecule has 0 spiro atoms. The molecule has 7 nitrogen and oxygen atoms in total. The average Bonchev–Trinajstić information content (AvgIpc) is 3.06. The van der Waals surface area contributed by atoms with Gasteiger partial charge in [0.05, 0.1) is 22.2 Å². The van der Waals surface area contributed by atoms with Crippen LogP contribution in [0.3, 0.4) is 0 Å². The third kappa shape index (κ3) is 4.32. The van der Waals surface area contributed by atoms with E-state index in [0.29, 0.717) is 12.3 Å². The summed E-state index contributed by atoms with van der Waals surface area (Å²) in [7, 11) is -4.45. The lowest BCUT2D eigenvalue weighted by molar-refractivity contribution is -0.137. The lowest BCUT2D eigenvalue weighted by Crippen LogP contribution is -2.31. The smallest absolute Gasteiger partial charge is 0.392 e. The van der Waals surface area contributed by atoms with E-state index >= 15 is 0 Å². The number of pyridine rings is 1. The quantitative estimate of drug-likeness (QED) is 0.613. The van der Waals surface area contributed by atoms with Crippen LogP contribution in [0.2, 0.25) is 10.0 Å². The zero-order chi connectivity index (χ0) is 21.6. The number of amides is 1. The number of hydrogen-bond acceptors (Lipinski definition) is 5. The molecule has 2 N–H and O–H groups in total. The number of aromatic nitrogens is 2. The number of imidazole rings is 1. The van der Waals surface area contributed by atoms with Crippen molar-refractivity contribution < 1.29 is 31.5 Å². The summed E-state index contributed by atoms with van der Waals surface area (Å²) in [6.45, 7) is -0.458. The van der Waals surface area contributed by atoms with E-state index < -0.39 is 44.9 Å². The zero-order valence-electron chi connectivity index (χ0n) is 14.0. The number of aliphatic hydroxyl groups excluding tert-OH is 1. The molecule has 29 heavy (non-hydrogen) atoms. The summed E-state index contributed by atoms with van der Waals surface area (Å²) < 4.78 is 66.2. The number of hydrogen-bond donors (Lipinski definition) is 2.